The predicted octanol–water partition coefficient (Wildman–Crippen LogP) is 12.4. The molecule has 1 atom stereocenters. The van der Waals surface area contributed by atoms with Gasteiger partial charge in [0.25, 0.3) is 0 Å². The first-order chi connectivity index (χ1) is 20.1. The van der Waals surface area contributed by atoms with Crippen LogP contribution >= 0.6 is 0 Å². The van der Waals surface area contributed by atoms with E-state index in [9.17, 15) is 4.79 Å². The molecule has 0 aliphatic carbocycles. The summed E-state index contributed by atoms with van der Waals surface area (Å²) in [4.78, 5) is 11.6. The first-order valence-electron chi connectivity index (χ1n) is 18.7. The molecule has 0 fully saturated rings. The lowest BCUT2D eigenvalue weighted by Gasteiger charge is -2.10. The van der Waals surface area contributed by atoms with Gasteiger partial charge in [-0.2, -0.15) is 0 Å². The molecule has 1 amide bonds. The SMILES string of the molecule is CCCCCC/C=C\CCCCCCCCCCO.CCCCCCCCCCCCCCCC(=O)NC(C)CC. The molecule has 0 rings (SSSR count). The molecule has 0 aromatic rings. The van der Waals surface area contributed by atoms with Gasteiger partial charge in [-0.25, -0.2) is 0 Å². The summed E-state index contributed by atoms with van der Waals surface area (Å²) in [5.74, 6) is 0.234. The Bertz CT molecular complexity index is 505. The lowest BCUT2D eigenvalue weighted by molar-refractivity contribution is -0.121. The summed E-state index contributed by atoms with van der Waals surface area (Å²) in [5, 5.41) is 11.7. The second-order valence-corrected chi connectivity index (χ2v) is 12.5. The fourth-order valence-corrected chi connectivity index (χ4v) is 5.11. The number of aliphatic hydroxyl groups is 1. The molecule has 246 valence electrons. The minimum atomic E-state index is 0.234. The number of hydrogen-bond donors (Lipinski definition) is 2. The molecule has 0 aromatic heterocycles. The molecule has 0 radical (unpaired) electrons. The van der Waals surface area contributed by atoms with Crippen molar-refractivity contribution in [2.24, 2.45) is 0 Å². The Hall–Kier alpha value is -0.830. The lowest BCUT2D eigenvalue weighted by Crippen LogP contribution is -2.31. The molecular weight excluding hydrogens is 502 g/mol. The van der Waals surface area contributed by atoms with Crippen LogP contribution in [0.5, 0.6) is 0 Å². The van der Waals surface area contributed by atoms with E-state index < -0.39 is 0 Å². The fourth-order valence-electron chi connectivity index (χ4n) is 5.11. The second-order valence-electron chi connectivity index (χ2n) is 12.5. The van der Waals surface area contributed by atoms with E-state index >= 15 is 0 Å². The summed E-state index contributed by atoms with van der Waals surface area (Å²) in [6, 6.07) is 0.328. The van der Waals surface area contributed by atoms with Crippen LogP contribution in [0.2, 0.25) is 0 Å². The quantitative estimate of drug-likeness (QED) is 0.0634. The van der Waals surface area contributed by atoms with Crippen molar-refractivity contribution in [3.63, 3.8) is 0 Å². The normalized spacial score (nSPS) is 11.9. The molecule has 2 N–H and O–H groups in total. The van der Waals surface area contributed by atoms with Crippen LogP contribution < -0.4 is 5.32 Å². The average molecular weight is 580 g/mol. The third kappa shape index (κ3) is 41.4. The van der Waals surface area contributed by atoms with Crippen LogP contribution in [0, 0.1) is 0 Å². The topological polar surface area (TPSA) is 49.3 Å². The molecule has 1 unspecified atom stereocenters. The third-order valence-electron chi connectivity index (χ3n) is 8.20. The Labute approximate surface area is 259 Å². The Morgan fingerprint density at radius 3 is 1.27 bits per heavy atom. The molecule has 0 saturated heterocycles. The highest BCUT2D eigenvalue weighted by Gasteiger charge is 2.04. The number of hydrogen-bond acceptors (Lipinski definition) is 2. The Morgan fingerprint density at radius 2 is 0.878 bits per heavy atom. The van der Waals surface area contributed by atoms with Crippen molar-refractivity contribution in [3.8, 4) is 0 Å². The largest absolute Gasteiger partial charge is 0.396 e. The van der Waals surface area contributed by atoms with Crippen LogP contribution in [0.3, 0.4) is 0 Å². The first kappa shape index (κ1) is 42.3. The predicted molar refractivity (Wildman–Crippen MR) is 185 cm³/mol. The zero-order valence-electron chi connectivity index (χ0n) is 28.8. The highest BCUT2D eigenvalue weighted by molar-refractivity contribution is 5.76. The molecule has 0 aromatic carbocycles. The molecule has 3 heteroatoms. The van der Waals surface area contributed by atoms with Crippen LogP contribution in [0.4, 0.5) is 0 Å². The van der Waals surface area contributed by atoms with Crippen LogP contribution in [-0.2, 0) is 4.79 Å². The smallest absolute Gasteiger partial charge is 0.220 e. The molecule has 0 aliphatic rings. The molecule has 0 heterocycles. The van der Waals surface area contributed by atoms with Gasteiger partial charge in [-0.3, -0.25) is 4.79 Å². The summed E-state index contributed by atoms with van der Waals surface area (Å²) in [5.41, 5.74) is 0. The van der Waals surface area contributed by atoms with Crippen molar-refractivity contribution in [2.45, 2.75) is 220 Å². The summed E-state index contributed by atoms with van der Waals surface area (Å²) < 4.78 is 0. The number of carbonyl (C=O) groups is 1. The van der Waals surface area contributed by atoms with Crippen molar-refractivity contribution >= 4 is 5.91 Å². The number of nitrogens with one attached hydrogen (secondary N) is 1. The van der Waals surface area contributed by atoms with E-state index in [4.69, 9.17) is 5.11 Å². The van der Waals surface area contributed by atoms with E-state index in [0.717, 1.165) is 19.3 Å². The minimum Gasteiger partial charge on any atom is -0.396 e. The number of rotatable bonds is 31. The zero-order valence-corrected chi connectivity index (χ0v) is 28.8. The van der Waals surface area contributed by atoms with Crippen LogP contribution in [-0.4, -0.2) is 23.7 Å². The van der Waals surface area contributed by atoms with Gasteiger partial charge in [-0.15, -0.1) is 0 Å². The molecule has 41 heavy (non-hydrogen) atoms. The van der Waals surface area contributed by atoms with Crippen molar-refractivity contribution < 1.29 is 9.90 Å². The summed E-state index contributed by atoms with van der Waals surface area (Å²) in [7, 11) is 0. The summed E-state index contributed by atoms with van der Waals surface area (Å²) >= 11 is 0. The van der Waals surface area contributed by atoms with Crippen molar-refractivity contribution in [1.29, 1.82) is 0 Å². The Kier molecular flexibility index (Phi) is 40.4. The van der Waals surface area contributed by atoms with Gasteiger partial charge >= 0.3 is 0 Å². The van der Waals surface area contributed by atoms with Crippen molar-refractivity contribution in [2.75, 3.05) is 6.61 Å². The maximum Gasteiger partial charge on any atom is 0.220 e. The number of unbranched alkanes of at least 4 members (excludes halogenated alkanes) is 24. The zero-order chi connectivity index (χ0) is 30.5. The number of aliphatic hydroxyl groups excluding tert-OH is 1. The second kappa shape index (κ2) is 39.2. The third-order valence-corrected chi connectivity index (χ3v) is 8.20. The average Bonchev–Trinajstić information content (AvgIpc) is 2.97. The Balaban J connectivity index is 0. The van der Waals surface area contributed by atoms with Crippen LogP contribution in [0.15, 0.2) is 12.2 Å². The van der Waals surface area contributed by atoms with Gasteiger partial charge in [0, 0.05) is 19.1 Å². The van der Waals surface area contributed by atoms with E-state index in [1.54, 1.807) is 0 Å². The monoisotopic (exact) mass is 580 g/mol. The molecule has 0 aliphatic heterocycles. The highest BCUT2D eigenvalue weighted by atomic mass is 16.2. The van der Waals surface area contributed by atoms with E-state index in [0.29, 0.717) is 19.1 Å². The number of carbonyl (C=O) groups excluding carboxylic acids is 1. The molecule has 0 spiro atoms. The van der Waals surface area contributed by atoms with Gasteiger partial charge in [-0.05, 0) is 51.9 Å². The van der Waals surface area contributed by atoms with E-state index in [-0.39, 0.29) is 5.91 Å². The summed E-state index contributed by atoms with van der Waals surface area (Å²) in [6.07, 6.45) is 42.6. The van der Waals surface area contributed by atoms with Gasteiger partial charge in [0.15, 0.2) is 0 Å². The molecule has 0 bridgehead atoms. The first-order valence-corrected chi connectivity index (χ1v) is 18.7. The van der Waals surface area contributed by atoms with Crippen molar-refractivity contribution in [3.05, 3.63) is 12.2 Å². The summed E-state index contributed by atoms with van der Waals surface area (Å²) in [6.45, 7) is 9.09. The fraction of sp³-hybridized carbons (Fsp3) is 0.921. The Morgan fingerprint density at radius 1 is 0.537 bits per heavy atom. The van der Waals surface area contributed by atoms with Gasteiger partial charge in [0.05, 0.1) is 0 Å². The van der Waals surface area contributed by atoms with E-state index in [2.05, 4.69) is 45.2 Å². The van der Waals surface area contributed by atoms with Gasteiger partial charge < -0.3 is 10.4 Å². The lowest BCUT2D eigenvalue weighted by atomic mass is 10.0. The molecular formula is C38H77NO2. The number of amides is 1. The van der Waals surface area contributed by atoms with E-state index in [1.807, 2.05) is 0 Å². The van der Waals surface area contributed by atoms with Gasteiger partial charge in [0.2, 0.25) is 5.91 Å². The molecule has 0 saturated carbocycles. The maximum atomic E-state index is 11.6. The van der Waals surface area contributed by atoms with Gasteiger partial charge in [0.1, 0.15) is 0 Å². The highest BCUT2D eigenvalue weighted by Crippen LogP contribution is 2.13. The maximum absolute atomic E-state index is 11.6. The van der Waals surface area contributed by atoms with Gasteiger partial charge in [-0.1, -0.05) is 168 Å². The van der Waals surface area contributed by atoms with E-state index in [1.165, 1.54) is 161 Å². The minimum absolute atomic E-state index is 0.234. The van der Waals surface area contributed by atoms with Crippen LogP contribution in [0.25, 0.3) is 0 Å². The van der Waals surface area contributed by atoms with Crippen LogP contribution in [0.1, 0.15) is 214 Å². The molecule has 3 nitrogen and oxygen atoms in total. The standard InChI is InChI=1S/C20H41NO.C18H36O/c1-4-6-7-8-9-10-11-12-13-14-15-16-17-18-20(22)21-19(3)5-2;1-2-3-4-5-6-7-8-9-10-11-12-13-14-15-16-17-18-19/h19H,4-18H2,1-3H3,(H,21,22);7-8,19H,2-6,9-18H2,1H3/b;8-7-. The van der Waals surface area contributed by atoms with Crippen molar-refractivity contribution in [1.82, 2.24) is 5.32 Å². The number of allylic oxidation sites excluding steroid dienone is 2.